The van der Waals surface area contributed by atoms with Crippen LogP contribution in [0.3, 0.4) is 0 Å². The maximum Gasteiger partial charge on any atom is 0.286 e. The van der Waals surface area contributed by atoms with Crippen molar-refractivity contribution in [1.82, 2.24) is 0 Å². The highest BCUT2D eigenvalue weighted by Crippen LogP contribution is 2.35. The highest BCUT2D eigenvalue weighted by Gasteiger charge is 2.28. The lowest BCUT2D eigenvalue weighted by atomic mass is 10.0. The number of amides is 1. The molecule has 2 unspecified atom stereocenters. The third-order valence-corrected chi connectivity index (χ3v) is 4.48. The first-order valence-electron chi connectivity index (χ1n) is 5.19. The number of allylic oxidation sites excluding steroid dienone is 3. The predicted octanol–water partition coefficient (Wildman–Crippen LogP) is 3.85. The Morgan fingerprint density at radius 3 is 2.94 bits per heavy atom. The van der Waals surface area contributed by atoms with Crippen LogP contribution in [0.15, 0.2) is 28.3 Å². The number of thioether (sulfide) groups is 1. The van der Waals surface area contributed by atoms with E-state index in [1.165, 1.54) is 0 Å². The first kappa shape index (κ1) is 14.7. The summed E-state index contributed by atoms with van der Waals surface area (Å²) in [6.07, 6.45) is 6.53. The van der Waals surface area contributed by atoms with Crippen LogP contribution in [0.2, 0.25) is 0 Å². The molecule has 1 aliphatic carbocycles. The minimum Gasteiger partial charge on any atom is -0.269 e. The second-order valence-corrected chi connectivity index (χ2v) is 6.35. The van der Waals surface area contributed by atoms with Gasteiger partial charge in [0.15, 0.2) is 0 Å². The molecule has 94 valence electrons. The van der Waals surface area contributed by atoms with Crippen molar-refractivity contribution in [3.63, 3.8) is 0 Å². The lowest BCUT2D eigenvalue weighted by Gasteiger charge is -2.25. The molecule has 1 rings (SSSR count). The molecule has 3 nitrogen and oxygen atoms in total. The average molecular weight is 294 g/mol. The molecule has 0 bridgehead atoms. The molecular weight excluding hydrogens is 281 g/mol. The van der Waals surface area contributed by atoms with Crippen molar-refractivity contribution in [2.45, 2.75) is 30.0 Å². The van der Waals surface area contributed by atoms with E-state index < -0.39 is 10.8 Å². The Morgan fingerprint density at radius 2 is 2.35 bits per heavy atom. The molecule has 6 heteroatoms. The Kier molecular flexibility index (Phi) is 5.70. The van der Waals surface area contributed by atoms with Crippen molar-refractivity contribution >= 4 is 40.9 Å². The van der Waals surface area contributed by atoms with Crippen LogP contribution in [0.25, 0.3) is 0 Å². The third kappa shape index (κ3) is 4.82. The molecule has 0 heterocycles. The van der Waals surface area contributed by atoms with Gasteiger partial charge in [-0.05, 0) is 19.1 Å². The van der Waals surface area contributed by atoms with Crippen LogP contribution < -0.4 is 0 Å². The lowest BCUT2D eigenvalue weighted by molar-refractivity contribution is -0.117. The van der Waals surface area contributed by atoms with Crippen molar-refractivity contribution in [3.8, 4) is 0 Å². The third-order valence-electron chi connectivity index (χ3n) is 2.33. The van der Waals surface area contributed by atoms with Gasteiger partial charge >= 0.3 is 0 Å². The van der Waals surface area contributed by atoms with E-state index >= 15 is 0 Å². The summed E-state index contributed by atoms with van der Waals surface area (Å²) in [6.45, 7) is 1.86. The lowest BCUT2D eigenvalue weighted by Crippen LogP contribution is -2.27. The number of alkyl halides is 2. The van der Waals surface area contributed by atoms with Crippen molar-refractivity contribution in [1.29, 1.82) is 0 Å². The fraction of sp³-hybridized carbons (Fsp3) is 0.545. The average Bonchev–Trinajstić information content (AvgIpc) is 2.29. The van der Waals surface area contributed by atoms with E-state index in [4.69, 9.17) is 23.2 Å². The molecule has 0 saturated carbocycles. The van der Waals surface area contributed by atoms with Gasteiger partial charge in [-0.2, -0.15) is 0 Å². The Morgan fingerprint density at radius 1 is 1.65 bits per heavy atom. The van der Waals surface area contributed by atoms with Crippen molar-refractivity contribution in [2.75, 3.05) is 5.75 Å². The largest absolute Gasteiger partial charge is 0.286 e. The highest BCUT2D eigenvalue weighted by atomic mass is 35.5. The smallest absolute Gasteiger partial charge is 0.269 e. The SMILES string of the molecule is CC1(Cl)C=CC(SCCCC(=O)N=O)=CC1Cl. The van der Waals surface area contributed by atoms with Crippen LogP contribution >= 0.6 is 35.0 Å². The molecule has 0 aromatic carbocycles. The molecule has 1 amide bonds. The standard InChI is InChI=1S/C11H13Cl2NO2S/c1-11(13)5-4-8(7-9(11)12)17-6-2-3-10(15)14-16/h4-5,7,9H,2-3,6H2,1H3. The fourth-order valence-corrected chi connectivity index (χ4v) is 2.59. The molecule has 0 aromatic heterocycles. The van der Waals surface area contributed by atoms with Crippen LogP contribution in [0.1, 0.15) is 19.8 Å². The van der Waals surface area contributed by atoms with E-state index in [0.717, 1.165) is 10.7 Å². The molecule has 0 spiro atoms. The van der Waals surface area contributed by atoms with Crippen LogP contribution in [0.4, 0.5) is 0 Å². The highest BCUT2D eigenvalue weighted by molar-refractivity contribution is 8.03. The zero-order chi connectivity index (χ0) is 12.9. The van der Waals surface area contributed by atoms with Crippen LogP contribution in [0.5, 0.6) is 0 Å². The van der Waals surface area contributed by atoms with Crippen LogP contribution in [-0.2, 0) is 4.79 Å². The zero-order valence-electron chi connectivity index (χ0n) is 9.36. The maximum atomic E-state index is 10.6. The van der Waals surface area contributed by atoms with Gasteiger partial charge < -0.3 is 0 Å². The summed E-state index contributed by atoms with van der Waals surface area (Å²) in [7, 11) is 0. The molecular formula is C11H13Cl2NO2S. The monoisotopic (exact) mass is 293 g/mol. The van der Waals surface area contributed by atoms with E-state index in [1.807, 2.05) is 25.2 Å². The van der Waals surface area contributed by atoms with Gasteiger partial charge in [-0.15, -0.1) is 39.9 Å². The minimum absolute atomic E-state index is 0.199. The molecule has 0 N–H and O–H groups in total. The number of carbonyl (C=O) groups excluding carboxylic acids is 1. The Bertz CT molecular complexity index is 366. The normalized spacial score (nSPS) is 27.7. The quantitative estimate of drug-likeness (QED) is 0.439. The molecule has 0 aromatic rings. The Hall–Kier alpha value is -0.320. The number of hydrogen-bond donors (Lipinski definition) is 0. The van der Waals surface area contributed by atoms with Crippen molar-refractivity contribution < 1.29 is 4.79 Å². The van der Waals surface area contributed by atoms with E-state index in [1.54, 1.807) is 11.8 Å². The van der Waals surface area contributed by atoms with Gasteiger partial charge in [0.2, 0.25) is 0 Å². The second-order valence-electron chi connectivity index (χ2n) is 3.89. The number of nitroso groups, excluding NO2 is 1. The van der Waals surface area contributed by atoms with E-state index in [9.17, 15) is 9.70 Å². The summed E-state index contributed by atoms with van der Waals surface area (Å²) in [5.41, 5.74) is 0. The first-order valence-corrected chi connectivity index (χ1v) is 6.99. The molecule has 0 radical (unpaired) electrons. The molecule has 0 saturated heterocycles. The van der Waals surface area contributed by atoms with Crippen LogP contribution in [0, 0.1) is 4.91 Å². The van der Waals surface area contributed by atoms with Crippen LogP contribution in [-0.4, -0.2) is 21.9 Å². The van der Waals surface area contributed by atoms with E-state index in [2.05, 4.69) is 5.18 Å². The van der Waals surface area contributed by atoms with E-state index in [0.29, 0.717) is 6.42 Å². The predicted molar refractivity (Wildman–Crippen MR) is 73.6 cm³/mol. The molecule has 1 aliphatic rings. The maximum absolute atomic E-state index is 10.6. The fourth-order valence-electron chi connectivity index (χ4n) is 1.26. The van der Waals surface area contributed by atoms with Gasteiger partial charge in [-0.1, -0.05) is 18.2 Å². The summed E-state index contributed by atoms with van der Waals surface area (Å²) >= 11 is 13.8. The van der Waals surface area contributed by atoms with Crippen molar-refractivity contribution in [2.24, 2.45) is 5.18 Å². The summed E-state index contributed by atoms with van der Waals surface area (Å²) in [6, 6.07) is 0. The Labute approximate surface area is 115 Å². The molecule has 0 fully saturated rings. The van der Waals surface area contributed by atoms with Gasteiger partial charge in [0.25, 0.3) is 5.91 Å². The first-order chi connectivity index (χ1) is 7.95. The summed E-state index contributed by atoms with van der Waals surface area (Å²) < 4.78 is 0. The van der Waals surface area contributed by atoms with Gasteiger partial charge in [0.05, 0.1) is 10.3 Å². The minimum atomic E-state index is -0.595. The van der Waals surface area contributed by atoms with Gasteiger partial charge in [-0.25, -0.2) is 0 Å². The number of hydrogen-bond acceptors (Lipinski definition) is 3. The number of rotatable bonds is 5. The molecule has 17 heavy (non-hydrogen) atoms. The number of halogens is 2. The summed E-state index contributed by atoms with van der Waals surface area (Å²) in [5, 5.41) is 2.10. The van der Waals surface area contributed by atoms with E-state index in [-0.39, 0.29) is 11.8 Å². The molecule has 2 atom stereocenters. The number of nitrogens with zero attached hydrogens (tertiary/aromatic N) is 1. The second kappa shape index (κ2) is 6.57. The topological polar surface area (TPSA) is 46.5 Å². The summed E-state index contributed by atoms with van der Waals surface area (Å²) in [5.74, 6) is 0.155. The van der Waals surface area contributed by atoms with Gasteiger partial charge in [0.1, 0.15) is 0 Å². The van der Waals surface area contributed by atoms with Gasteiger partial charge in [0, 0.05) is 16.5 Å². The Balaban J connectivity index is 2.32. The zero-order valence-corrected chi connectivity index (χ0v) is 11.7. The van der Waals surface area contributed by atoms with Crippen molar-refractivity contribution in [3.05, 3.63) is 28.0 Å². The summed E-state index contributed by atoms with van der Waals surface area (Å²) in [4.78, 5) is 21.0. The molecule has 0 aliphatic heterocycles. The van der Waals surface area contributed by atoms with Gasteiger partial charge in [-0.3, -0.25) is 4.79 Å². The number of carbonyl (C=O) groups is 1.